The van der Waals surface area contributed by atoms with Crippen LogP contribution in [0.4, 0.5) is 0 Å². The highest BCUT2D eigenvalue weighted by atomic mass is 32.1. The summed E-state index contributed by atoms with van der Waals surface area (Å²) in [6.45, 7) is 1.97. The van der Waals surface area contributed by atoms with E-state index in [9.17, 15) is 9.90 Å². The maximum absolute atomic E-state index is 12.2. The normalized spacial score (nSPS) is 20.9. The highest BCUT2D eigenvalue weighted by molar-refractivity contribution is 7.71. The third kappa shape index (κ3) is 3.72. The van der Waals surface area contributed by atoms with Gasteiger partial charge in [-0.3, -0.25) is 19.3 Å². The molecule has 2 aromatic rings. The number of aliphatic imine (C=N–C) groups is 1. The third-order valence-corrected chi connectivity index (χ3v) is 4.87. The van der Waals surface area contributed by atoms with E-state index in [-0.39, 0.29) is 28.3 Å². The van der Waals surface area contributed by atoms with E-state index in [1.165, 1.54) is 10.8 Å². The van der Waals surface area contributed by atoms with Gasteiger partial charge < -0.3 is 10.8 Å². The summed E-state index contributed by atoms with van der Waals surface area (Å²) in [5, 5.41) is 10.6. The van der Waals surface area contributed by atoms with Crippen molar-refractivity contribution in [1.29, 1.82) is 0 Å². The first-order chi connectivity index (χ1) is 12.0. The van der Waals surface area contributed by atoms with Crippen molar-refractivity contribution in [3.05, 3.63) is 50.5 Å². The zero-order valence-corrected chi connectivity index (χ0v) is 14.9. The molecular weight excluding hydrogens is 336 g/mol. The molecule has 1 fully saturated rings. The van der Waals surface area contributed by atoms with Crippen molar-refractivity contribution >= 4 is 18.4 Å². The van der Waals surface area contributed by atoms with Crippen molar-refractivity contribution in [3.8, 4) is 11.6 Å². The van der Waals surface area contributed by atoms with Crippen LogP contribution in [0.5, 0.6) is 5.88 Å². The predicted molar refractivity (Wildman–Crippen MR) is 101 cm³/mol. The summed E-state index contributed by atoms with van der Waals surface area (Å²) in [5.41, 5.74) is 7.49. The maximum atomic E-state index is 12.2. The molecule has 6 nitrogen and oxygen atoms in total. The van der Waals surface area contributed by atoms with Gasteiger partial charge in [0.2, 0.25) is 5.88 Å². The number of hydrogen-bond acceptors (Lipinski definition) is 5. The van der Waals surface area contributed by atoms with Crippen LogP contribution in [0.2, 0.25) is 0 Å². The van der Waals surface area contributed by atoms with Gasteiger partial charge in [0.1, 0.15) is 5.56 Å². The smallest absolute Gasteiger partial charge is 0.264 e. The quantitative estimate of drug-likeness (QED) is 0.580. The molecule has 1 aromatic heterocycles. The molecule has 2 atom stereocenters. The predicted octanol–water partition coefficient (Wildman–Crippen LogP) is 2.60. The van der Waals surface area contributed by atoms with Crippen LogP contribution in [0.1, 0.15) is 36.8 Å². The van der Waals surface area contributed by atoms with E-state index in [0.717, 1.165) is 31.2 Å². The molecule has 0 saturated heterocycles. The van der Waals surface area contributed by atoms with Gasteiger partial charge in [-0.25, -0.2) is 0 Å². The first kappa shape index (κ1) is 17.6. The molecule has 0 amide bonds. The number of nitrogens with zero attached hydrogens (tertiary/aromatic N) is 2. The molecule has 0 bridgehead atoms. The molecule has 1 aliphatic carbocycles. The Morgan fingerprint density at radius 3 is 2.68 bits per heavy atom. The van der Waals surface area contributed by atoms with Gasteiger partial charge >= 0.3 is 0 Å². The number of aromatic nitrogens is 2. The number of nitrogens with one attached hydrogen (secondary N) is 1. The van der Waals surface area contributed by atoms with Crippen LogP contribution in [0.3, 0.4) is 0 Å². The van der Waals surface area contributed by atoms with E-state index >= 15 is 0 Å². The maximum Gasteiger partial charge on any atom is 0.264 e. The Morgan fingerprint density at radius 2 is 2.00 bits per heavy atom. The van der Waals surface area contributed by atoms with Crippen LogP contribution in [0.15, 0.2) is 34.1 Å². The molecule has 1 heterocycles. The van der Waals surface area contributed by atoms with E-state index in [0.29, 0.717) is 5.69 Å². The fraction of sp³-hybridized carbons (Fsp3) is 0.389. The van der Waals surface area contributed by atoms with Gasteiger partial charge in [-0.2, -0.15) is 0 Å². The molecule has 1 aliphatic rings. The average molecular weight is 358 g/mol. The molecule has 25 heavy (non-hydrogen) atoms. The third-order valence-electron chi connectivity index (χ3n) is 4.59. The summed E-state index contributed by atoms with van der Waals surface area (Å²) in [4.78, 5) is 19.3. The zero-order chi connectivity index (χ0) is 18.0. The van der Waals surface area contributed by atoms with Gasteiger partial charge in [-0.15, -0.1) is 0 Å². The monoisotopic (exact) mass is 358 g/mol. The standard InChI is InChI=1S/C18H22N4O2S/c1-11-6-8-12(9-7-11)22-17(24)13(16(23)21-18(22)25)10-20-15-5-3-2-4-14(15)19/h6-10,14-15,24H,2-5,19H2,1H3,(H,21,23,25). The molecule has 0 aliphatic heterocycles. The minimum absolute atomic E-state index is 0.00586. The summed E-state index contributed by atoms with van der Waals surface area (Å²) in [6.07, 6.45) is 5.43. The summed E-state index contributed by atoms with van der Waals surface area (Å²) < 4.78 is 1.57. The molecule has 1 aromatic carbocycles. The van der Waals surface area contributed by atoms with Crippen molar-refractivity contribution in [3.63, 3.8) is 0 Å². The van der Waals surface area contributed by atoms with Crippen molar-refractivity contribution < 1.29 is 5.11 Å². The number of aromatic amines is 1. The molecule has 4 N–H and O–H groups in total. The van der Waals surface area contributed by atoms with E-state index in [2.05, 4.69) is 9.98 Å². The molecule has 0 spiro atoms. The van der Waals surface area contributed by atoms with Crippen molar-refractivity contribution in [2.75, 3.05) is 0 Å². The lowest BCUT2D eigenvalue weighted by atomic mass is 9.91. The van der Waals surface area contributed by atoms with Crippen LogP contribution in [0, 0.1) is 11.7 Å². The van der Waals surface area contributed by atoms with Crippen molar-refractivity contribution in [2.45, 2.75) is 44.7 Å². The summed E-state index contributed by atoms with van der Waals surface area (Å²) in [5.74, 6) is -0.217. The molecule has 7 heteroatoms. The van der Waals surface area contributed by atoms with Gasteiger partial charge in [0, 0.05) is 12.3 Å². The molecule has 1 saturated carbocycles. The Bertz CT molecular complexity index is 899. The second kappa shape index (κ2) is 7.33. The highest BCUT2D eigenvalue weighted by Crippen LogP contribution is 2.21. The molecule has 132 valence electrons. The average Bonchev–Trinajstić information content (AvgIpc) is 2.57. The van der Waals surface area contributed by atoms with E-state index in [1.54, 1.807) is 0 Å². The number of aryl methyl sites for hydroxylation is 1. The summed E-state index contributed by atoms with van der Waals surface area (Å²) >= 11 is 5.21. The SMILES string of the molecule is Cc1ccc(-n2c(O)c(C=NC3CCCCC3N)c(=O)[nH]c2=S)cc1. The Hall–Kier alpha value is -2.25. The second-order valence-corrected chi connectivity index (χ2v) is 6.85. The number of aromatic hydroxyl groups is 1. The first-order valence-corrected chi connectivity index (χ1v) is 8.82. The summed E-state index contributed by atoms with van der Waals surface area (Å²) in [7, 11) is 0. The fourth-order valence-corrected chi connectivity index (χ4v) is 3.37. The Labute approximate surface area is 151 Å². The van der Waals surface area contributed by atoms with Gasteiger partial charge in [0.05, 0.1) is 11.7 Å². The topological polar surface area (TPSA) is 96.4 Å². The minimum Gasteiger partial charge on any atom is -0.494 e. The number of hydrogen-bond donors (Lipinski definition) is 3. The van der Waals surface area contributed by atoms with Gasteiger partial charge in [-0.1, -0.05) is 30.5 Å². The van der Waals surface area contributed by atoms with Crippen LogP contribution >= 0.6 is 12.2 Å². The van der Waals surface area contributed by atoms with Gasteiger partial charge in [0.25, 0.3) is 5.56 Å². The van der Waals surface area contributed by atoms with E-state index in [1.807, 2.05) is 31.2 Å². The van der Waals surface area contributed by atoms with Crippen LogP contribution in [-0.4, -0.2) is 33.0 Å². The van der Waals surface area contributed by atoms with Crippen LogP contribution in [0.25, 0.3) is 5.69 Å². The Kier molecular flexibility index (Phi) is 5.15. The number of nitrogens with two attached hydrogens (primary N) is 1. The summed E-state index contributed by atoms with van der Waals surface area (Å²) in [6, 6.07) is 7.46. The molecule has 3 rings (SSSR count). The zero-order valence-electron chi connectivity index (χ0n) is 14.1. The lowest BCUT2D eigenvalue weighted by Gasteiger charge is -2.25. The molecule has 0 radical (unpaired) electrons. The van der Waals surface area contributed by atoms with E-state index in [4.69, 9.17) is 18.0 Å². The van der Waals surface area contributed by atoms with Crippen LogP contribution < -0.4 is 11.3 Å². The second-order valence-electron chi connectivity index (χ2n) is 6.46. The van der Waals surface area contributed by atoms with Gasteiger partial charge in [0.15, 0.2) is 4.77 Å². The lowest BCUT2D eigenvalue weighted by molar-refractivity contribution is 0.387. The van der Waals surface area contributed by atoms with Crippen molar-refractivity contribution in [1.82, 2.24) is 9.55 Å². The first-order valence-electron chi connectivity index (χ1n) is 8.41. The number of rotatable bonds is 3. The van der Waals surface area contributed by atoms with Crippen molar-refractivity contribution in [2.24, 2.45) is 10.7 Å². The molecule has 2 unspecified atom stereocenters. The fourth-order valence-electron chi connectivity index (χ4n) is 3.08. The van der Waals surface area contributed by atoms with Crippen LogP contribution in [-0.2, 0) is 0 Å². The Morgan fingerprint density at radius 1 is 1.32 bits per heavy atom. The number of H-pyrrole nitrogens is 1. The Balaban J connectivity index is 2.02. The molecular formula is C18H22N4O2S. The highest BCUT2D eigenvalue weighted by Gasteiger charge is 2.21. The largest absolute Gasteiger partial charge is 0.494 e. The lowest BCUT2D eigenvalue weighted by Crippen LogP contribution is -2.36. The minimum atomic E-state index is -0.459. The number of benzene rings is 1. The van der Waals surface area contributed by atoms with E-state index < -0.39 is 5.56 Å². The van der Waals surface area contributed by atoms with Gasteiger partial charge in [-0.05, 0) is 44.1 Å².